The second-order valence-electron chi connectivity index (χ2n) is 8.15. The van der Waals surface area contributed by atoms with Crippen LogP contribution in [0.1, 0.15) is 44.2 Å². The van der Waals surface area contributed by atoms with Crippen LogP contribution in [0, 0.1) is 17.8 Å². The Morgan fingerprint density at radius 1 is 1.00 bits per heavy atom. The Balaban J connectivity index is 1.41. The van der Waals surface area contributed by atoms with E-state index in [9.17, 15) is 8.42 Å². The molecule has 1 aromatic carbocycles. The minimum absolute atomic E-state index is 0.210. The van der Waals surface area contributed by atoms with Crippen molar-refractivity contribution >= 4 is 26.5 Å². The first-order chi connectivity index (χ1) is 12.0. The van der Waals surface area contributed by atoms with Gasteiger partial charge in [0, 0.05) is 10.8 Å². The van der Waals surface area contributed by atoms with Crippen LogP contribution in [0.3, 0.4) is 0 Å². The molecule has 6 rings (SSSR count). The molecule has 132 valence electrons. The van der Waals surface area contributed by atoms with Gasteiger partial charge < -0.3 is 0 Å². The predicted molar refractivity (Wildman–Crippen MR) is 99.2 cm³/mol. The normalized spacial score (nSPS) is 33.5. The summed E-state index contributed by atoms with van der Waals surface area (Å²) in [6, 6.07) is 8.49. The monoisotopic (exact) mass is 374 g/mol. The first kappa shape index (κ1) is 15.8. The molecular weight excluding hydrogens is 352 g/mol. The second kappa shape index (κ2) is 5.55. The van der Waals surface area contributed by atoms with E-state index in [-0.39, 0.29) is 10.3 Å². The fourth-order valence-corrected chi connectivity index (χ4v) is 7.87. The van der Waals surface area contributed by atoms with E-state index in [0.29, 0.717) is 5.13 Å². The lowest BCUT2D eigenvalue weighted by Crippen LogP contribution is -2.48. The third kappa shape index (κ3) is 2.70. The zero-order valence-electron chi connectivity index (χ0n) is 14.0. The third-order valence-corrected chi connectivity index (χ3v) is 8.60. The van der Waals surface area contributed by atoms with Gasteiger partial charge >= 0.3 is 0 Å². The van der Waals surface area contributed by atoms with Gasteiger partial charge in [0.15, 0.2) is 5.13 Å². The number of rotatable bonds is 4. The van der Waals surface area contributed by atoms with Gasteiger partial charge in [-0.25, -0.2) is 13.4 Å². The van der Waals surface area contributed by atoms with Gasteiger partial charge in [0.05, 0.1) is 10.6 Å². The van der Waals surface area contributed by atoms with Crippen LogP contribution in [0.15, 0.2) is 40.6 Å². The Morgan fingerprint density at radius 3 is 2.20 bits per heavy atom. The van der Waals surface area contributed by atoms with E-state index in [1.54, 1.807) is 24.3 Å². The molecule has 0 spiro atoms. The van der Waals surface area contributed by atoms with Crippen molar-refractivity contribution in [3.63, 3.8) is 0 Å². The Labute approximate surface area is 152 Å². The van der Waals surface area contributed by atoms with E-state index in [4.69, 9.17) is 4.98 Å². The van der Waals surface area contributed by atoms with Crippen LogP contribution in [0.25, 0.3) is 0 Å². The molecular formula is C19H22N2O2S2. The minimum Gasteiger partial charge on any atom is -0.255 e. The fourth-order valence-electron chi connectivity index (χ4n) is 5.76. The minimum atomic E-state index is -3.56. The van der Waals surface area contributed by atoms with Gasteiger partial charge in [0.2, 0.25) is 0 Å². The quantitative estimate of drug-likeness (QED) is 0.862. The summed E-state index contributed by atoms with van der Waals surface area (Å²) in [7, 11) is -3.56. The van der Waals surface area contributed by atoms with Crippen LogP contribution in [0.5, 0.6) is 0 Å². The molecule has 0 amide bonds. The summed E-state index contributed by atoms with van der Waals surface area (Å²) in [5, 5.41) is 2.59. The summed E-state index contributed by atoms with van der Waals surface area (Å²) >= 11 is 1.42. The van der Waals surface area contributed by atoms with Crippen molar-refractivity contribution in [2.45, 2.75) is 48.8 Å². The molecule has 0 radical (unpaired) electrons. The molecule has 4 fully saturated rings. The molecule has 25 heavy (non-hydrogen) atoms. The summed E-state index contributed by atoms with van der Waals surface area (Å²) in [5.74, 6) is 2.58. The molecule has 6 heteroatoms. The smallest absolute Gasteiger partial charge is 0.255 e. The van der Waals surface area contributed by atoms with Gasteiger partial charge in [-0.3, -0.25) is 4.72 Å². The summed E-state index contributed by atoms with van der Waals surface area (Å²) in [6.07, 6.45) is 7.93. The van der Waals surface area contributed by atoms with Crippen molar-refractivity contribution in [2.24, 2.45) is 17.8 Å². The van der Waals surface area contributed by atoms with Crippen LogP contribution in [-0.4, -0.2) is 13.4 Å². The van der Waals surface area contributed by atoms with Crippen LogP contribution in [0.2, 0.25) is 0 Å². The maximum Gasteiger partial charge on any atom is 0.263 e. The predicted octanol–water partition coefficient (Wildman–Crippen LogP) is 4.41. The topological polar surface area (TPSA) is 59.1 Å². The summed E-state index contributed by atoms with van der Waals surface area (Å²) in [4.78, 5) is 5.02. The van der Waals surface area contributed by atoms with Crippen molar-refractivity contribution in [1.82, 2.24) is 4.98 Å². The largest absolute Gasteiger partial charge is 0.263 e. The van der Waals surface area contributed by atoms with Crippen LogP contribution in [0.4, 0.5) is 5.13 Å². The highest BCUT2D eigenvalue weighted by Crippen LogP contribution is 2.60. The zero-order chi connectivity index (χ0) is 17.1. The molecule has 0 unspecified atom stereocenters. The van der Waals surface area contributed by atoms with Gasteiger partial charge in [-0.15, -0.1) is 11.3 Å². The molecule has 4 nitrogen and oxygen atoms in total. The highest BCUT2D eigenvalue weighted by atomic mass is 32.2. The average molecular weight is 375 g/mol. The van der Waals surface area contributed by atoms with Crippen LogP contribution in [-0.2, 0) is 15.4 Å². The number of sulfonamides is 1. The molecule has 1 N–H and O–H groups in total. The van der Waals surface area contributed by atoms with Gasteiger partial charge in [-0.2, -0.15) is 0 Å². The molecule has 4 bridgehead atoms. The number of nitrogens with one attached hydrogen (secondary N) is 1. The van der Waals surface area contributed by atoms with Crippen LogP contribution >= 0.6 is 11.3 Å². The highest BCUT2D eigenvalue weighted by molar-refractivity contribution is 7.93. The van der Waals surface area contributed by atoms with Gasteiger partial charge in [0.25, 0.3) is 10.0 Å². The lowest BCUT2D eigenvalue weighted by Gasteiger charge is -2.56. The van der Waals surface area contributed by atoms with E-state index >= 15 is 0 Å². The summed E-state index contributed by atoms with van der Waals surface area (Å²) < 4.78 is 27.7. The number of nitrogens with zero attached hydrogens (tertiary/aromatic N) is 1. The summed E-state index contributed by atoms with van der Waals surface area (Å²) in [5.41, 5.74) is 1.34. The highest BCUT2D eigenvalue weighted by Gasteiger charge is 2.52. The molecule has 4 aliphatic rings. The molecule has 1 aromatic heterocycles. The SMILES string of the molecule is O=S(=O)(Nc1nc(C23CC4CC(CC(C4)C2)C3)cs1)c1ccccc1. The van der Waals surface area contributed by atoms with Crippen LogP contribution < -0.4 is 4.72 Å². The molecule has 2 aromatic rings. The molecule has 0 saturated heterocycles. The van der Waals surface area contributed by atoms with E-state index in [1.807, 2.05) is 6.07 Å². The maximum atomic E-state index is 12.5. The number of benzene rings is 1. The molecule has 1 heterocycles. The van der Waals surface area contributed by atoms with E-state index in [2.05, 4.69) is 10.1 Å². The number of thiazole rings is 1. The molecule has 4 saturated carbocycles. The Morgan fingerprint density at radius 2 is 1.60 bits per heavy atom. The van der Waals surface area contributed by atoms with Crippen molar-refractivity contribution in [2.75, 3.05) is 4.72 Å². The van der Waals surface area contributed by atoms with Crippen molar-refractivity contribution in [3.05, 3.63) is 41.4 Å². The van der Waals surface area contributed by atoms with Gasteiger partial charge in [-0.05, 0) is 68.4 Å². The van der Waals surface area contributed by atoms with Crippen molar-refractivity contribution in [1.29, 1.82) is 0 Å². The van der Waals surface area contributed by atoms with E-state index in [0.717, 1.165) is 23.4 Å². The standard InChI is InChI=1S/C19H22N2O2S2/c22-25(23,16-4-2-1-3-5-16)21-18-20-17(12-24-18)19-9-13-6-14(10-19)8-15(7-13)11-19/h1-5,12-15H,6-11H2,(H,20,21). The average Bonchev–Trinajstić information content (AvgIpc) is 3.03. The first-order valence-corrected chi connectivity index (χ1v) is 11.4. The molecule has 0 atom stereocenters. The Kier molecular flexibility index (Phi) is 3.51. The first-order valence-electron chi connectivity index (χ1n) is 9.06. The van der Waals surface area contributed by atoms with Crippen molar-refractivity contribution < 1.29 is 8.42 Å². The zero-order valence-corrected chi connectivity index (χ0v) is 15.7. The lowest BCUT2D eigenvalue weighted by atomic mass is 9.49. The second-order valence-corrected chi connectivity index (χ2v) is 10.7. The van der Waals surface area contributed by atoms with E-state index in [1.165, 1.54) is 49.9 Å². The van der Waals surface area contributed by atoms with E-state index < -0.39 is 10.0 Å². The van der Waals surface area contributed by atoms with Gasteiger partial charge in [0.1, 0.15) is 0 Å². The third-order valence-electron chi connectivity index (χ3n) is 6.36. The summed E-state index contributed by atoms with van der Waals surface area (Å²) in [6.45, 7) is 0. The maximum absolute atomic E-state index is 12.5. The molecule has 0 aliphatic heterocycles. The van der Waals surface area contributed by atoms with Gasteiger partial charge in [-0.1, -0.05) is 18.2 Å². The Bertz CT molecular complexity index is 854. The number of aromatic nitrogens is 1. The molecule has 4 aliphatic carbocycles. The lowest BCUT2D eigenvalue weighted by molar-refractivity contribution is -0.00688. The Hall–Kier alpha value is -1.40. The number of hydrogen-bond acceptors (Lipinski definition) is 4. The van der Waals surface area contributed by atoms with Crippen molar-refractivity contribution in [3.8, 4) is 0 Å². The fraction of sp³-hybridized carbons (Fsp3) is 0.526. The number of hydrogen-bond donors (Lipinski definition) is 1. The number of anilines is 1.